The number of carbonyl (C=O) groups excluding carboxylic acids is 1. The van der Waals surface area contributed by atoms with Gasteiger partial charge in [-0.2, -0.15) is 28.1 Å². The summed E-state index contributed by atoms with van der Waals surface area (Å²) in [5.41, 5.74) is 0.750. The third-order valence-corrected chi connectivity index (χ3v) is 5.76. The third-order valence-electron chi connectivity index (χ3n) is 5.76. The maximum atomic E-state index is 12.8. The number of carboxylic acids is 1. The molecule has 1 aromatic heterocycles. The Morgan fingerprint density at radius 3 is 2.10 bits per heavy atom. The van der Waals surface area contributed by atoms with Gasteiger partial charge in [-0.1, -0.05) is 24.3 Å². The average molecular weight is 545 g/mol. The summed E-state index contributed by atoms with van der Waals surface area (Å²) in [6.07, 6.45) is -3.08. The summed E-state index contributed by atoms with van der Waals surface area (Å²) in [4.78, 5) is 35.9. The first-order valence-electron chi connectivity index (χ1n) is 12.1. The molecule has 9 nitrogen and oxygen atoms in total. The number of benzene rings is 2. The maximum Gasteiger partial charge on any atom is 0.422 e. The van der Waals surface area contributed by atoms with Gasteiger partial charge in [0.15, 0.2) is 6.61 Å². The lowest BCUT2D eigenvalue weighted by Crippen LogP contribution is -2.24. The van der Waals surface area contributed by atoms with Crippen molar-refractivity contribution in [2.75, 3.05) is 11.9 Å². The molecular weight excluding hydrogens is 517 g/mol. The second-order valence-corrected chi connectivity index (χ2v) is 10.2. The summed E-state index contributed by atoms with van der Waals surface area (Å²) < 4.78 is 48.6. The SMILES string of the molecule is CC(C)(C)OC(=O)c1ccc(Cc2nc(NC3(c4ccc(C(=O)O)cc4)CC3)nc(OCC(F)(F)F)n2)cc1. The number of esters is 1. The second-order valence-electron chi connectivity index (χ2n) is 10.2. The van der Waals surface area contributed by atoms with Gasteiger partial charge >= 0.3 is 24.1 Å². The molecule has 0 atom stereocenters. The van der Waals surface area contributed by atoms with E-state index >= 15 is 0 Å². The number of aromatic carboxylic acids is 1. The number of carboxylic acid groups (broad SMARTS) is 1. The van der Waals surface area contributed by atoms with Crippen molar-refractivity contribution in [1.29, 1.82) is 0 Å². The van der Waals surface area contributed by atoms with Gasteiger partial charge in [0.1, 0.15) is 11.4 Å². The number of anilines is 1. The Morgan fingerprint density at radius 1 is 0.949 bits per heavy atom. The molecule has 1 saturated carbocycles. The van der Waals surface area contributed by atoms with Crippen LogP contribution in [0, 0.1) is 0 Å². The standard InChI is InChI=1S/C27H27F3N4O5/c1-25(2,3)39-22(37)18-6-4-16(5-7-18)14-20-31-23(33-24(32-20)38-15-27(28,29)30)34-26(12-13-26)19-10-8-17(9-11-19)21(35)36/h4-11H,12-15H2,1-3H3,(H,35,36)(H,31,32,33,34). The molecule has 12 heteroatoms. The molecule has 0 spiro atoms. The van der Waals surface area contributed by atoms with Crippen LogP contribution in [0.5, 0.6) is 6.01 Å². The fourth-order valence-corrected chi connectivity index (χ4v) is 3.78. The molecule has 4 rings (SSSR count). The number of carbonyl (C=O) groups is 2. The van der Waals surface area contributed by atoms with Crippen molar-refractivity contribution in [3.63, 3.8) is 0 Å². The highest BCUT2D eigenvalue weighted by Crippen LogP contribution is 2.48. The van der Waals surface area contributed by atoms with Crippen molar-refractivity contribution >= 4 is 17.9 Å². The average Bonchev–Trinajstić information content (AvgIpc) is 3.62. The largest absolute Gasteiger partial charge is 0.478 e. The zero-order valence-corrected chi connectivity index (χ0v) is 21.5. The van der Waals surface area contributed by atoms with Gasteiger partial charge in [-0.05, 0) is 69.0 Å². The highest BCUT2D eigenvalue weighted by Gasteiger charge is 2.45. The lowest BCUT2D eigenvalue weighted by molar-refractivity contribution is -0.154. The van der Waals surface area contributed by atoms with Crippen LogP contribution in [0.4, 0.5) is 19.1 Å². The van der Waals surface area contributed by atoms with Crippen LogP contribution in [0.3, 0.4) is 0 Å². The van der Waals surface area contributed by atoms with Crippen LogP contribution in [-0.4, -0.2) is 50.4 Å². The molecule has 0 radical (unpaired) electrons. The first-order valence-corrected chi connectivity index (χ1v) is 12.1. The molecule has 1 aliphatic carbocycles. The normalized spacial score (nSPS) is 14.4. The third kappa shape index (κ3) is 7.65. The smallest absolute Gasteiger partial charge is 0.422 e. The molecule has 1 heterocycles. The van der Waals surface area contributed by atoms with Crippen molar-refractivity contribution in [2.45, 2.75) is 57.3 Å². The summed E-state index contributed by atoms with van der Waals surface area (Å²) in [6, 6.07) is 12.4. The van der Waals surface area contributed by atoms with Crippen LogP contribution < -0.4 is 10.1 Å². The first-order chi connectivity index (χ1) is 18.2. The highest BCUT2D eigenvalue weighted by atomic mass is 19.4. The minimum atomic E-state index is -4.58. The molecule has 0 aliphatic heterocycles. The van der Waals surface area contributed by atoms with E-state index in [9.17, 15) is 22.8 Å². The molecule has 0 unspecified atom stereocenters. The van der Waals surface area contributed by atoms with Gasteiger partial charge in [0, 0.05) is 6.42 Å². The minimum absolute atomic E-state index is 0.0300. The predicted octanol–water partition coefficient (Wildman–Crippen LogP) is 5.16. The van der Waals surface area contributed by atoms with Crippen molar-refractivity contribution in [2.24, 2.45) is 0 Å². The fourth-order valence-electron chi connectivity index (χ4n) is 3.78. The summed E-state index contributed by atoms with van der Waals surface area (Å²) in [7, 11) is 0. The molecule has 0 saturated heterocycles. The van der Waals surface area contributed by atoms with Crippen LogP contribution in [0.1, 0.15) is 71.3 Å². The molecule has 0 amide bonds. The van der Waals surface area contributed by atoms with E-state index in [1.807, 2.05) is 0 Å². The van der Waals surface area contributed by atoms with E-state index in [0.717, 1.165) is 5.56 Å². The van der Waals surface area contributed by atoms with E-state index in [1.165, 1.54) is 12.1 Å². The van der Waals surface area contributed by atoms with Gasteiger partial charge in [-0.3, -0.25) is 0 Å². The molecule has 1 fully saturated rings. The number of alkyl halides is 3. The Labute approximate surface area is 222 Å². The monoisotopic (exact) mass is 544 g/mol. The van der Waals surface area contributed by atoms with Crippen molar-refractivity contribution in [1.82, 2.24) is 15.0 Å². The van der Waals surface area contributed by atoms with Crippen molar-refractivity contribution < 1.29 is 37.3 Å². The molecule has 2 N–H and O–H groups in total. The zero-order valence-electron chi connectivity index (χ0n) is 21.5. The summed E-state index contributed by atoms with van der Waals surface area (Å²) in [6.45, 7) is 3.73. The summed E-state index contributed by atoms with van der Waals surface area (Å²) in [5, 5.41) is 12.3. The zero-order chi connectivity index (χ0) is 28.4. The van der Waals surface area contributed by atoms with Gasteiger partial charge in [0.25, 0.3) is 0 Å². The second kappa shape index (κ2) is 10.5. The molecular formula is C27H27F3N4O5. The Bertz CT molecular complexity index is 1350. The maximum absolute atomic E-state index is 12.8. The first kappa shape index (κ1) is 27.8. The fraction of sp³-hybridized carbons (Fsp3) is 0.370. The van der Waals surface area contributed by atoms with Gasteiger partial charge in [-0.15, -0.1) is 0 Å². The van der Waals surface area contributed by atoms with Crippen molar-refractivity contribution in [3.05, 3.63) is 76.6 Å². The van der Waals surface area contributed by atoms with Crippen LogP contribution in [0.25, 0.3) is 0 Å². The summed E-state index contributed by atoms with van der Waals surface area (Å²) >= 11 is 0. The molecule has 0 bridgehead atoms. The highest BCUT2D eigenvalue weighted by molar-refractivity contribution is 5.89. The van der Waals surface area contributed by atoms with Gasteiger partial charge in [0.2, 0.25) is 5.95 Å². The Kier molecular flexibility index (Phi) is 7.49. The van der Waals surface area contributed by atoms with Crippen LogP contribution in [0.15, 0.2) is 48.5 Å². The van der Waals surface area contributed by atoms with E-state index < -0.39 is 41.9 Å². The van der Waals surface area contributed by atoms with Crippen LogP contribution in [-0.2, 0) is 16.7 Å². The van der Waals surface area contributed by atoms with E-state index in [0.29, 0.717) is 24.0 Å². The Morgan fingerprint density at radius 2 is 1.56 bits per heavy atom. The van der Waals surface area contributed by atoms with Crippen molar-refractivity contribution in [3.8, 4) is 6.01 Å². The topological polar surface area (TPSA) is 124 Å². The summed E-state index contributed by atoms with van der Waals surface area (Å²) in [5.74, 6) is -1.34. The number of hydrogen-bond acceptors (Lipinski definition) is 8. The van der Waals surface area contributed by atoms with Gasteiger partial charge in [-0.25, -0.2) is 9.59 Å². The number of rotatable bonds is 9. The quantitative estimate of drug-likeness (QED) is 0.352. The van der Waals surface area contributed by atoms with Crippen LogP contribution in [0.2, 0.25) is 0 Å². The Hall–Kier alpha value is -4.22. The van der Waals surface area contributed by atoms with E-state index in [4.69, 9.17) is 14.6 Å². The lowest BCUT2D eigenvalue weighted by atomic mass is 10.0. The minimum Gasteiger partial charge on any atom is -0.478 e. The predicted molar refractivity (Wildman–Crippen MR) is 134 cm³/mol. The number of halogens is 3. The number of hydrogen-bond donors (Lipinski definition) is 2. The Balaban J connectivity index is 1.56. The lowest BCUT2D eigenvalue weighted by Gasteiger charge is -2.19. The van der Waals surface area contributed by atoms with E-state index in [2.05, 4.69) is 20.3 Å². The molecule has 206 valence electrons. The number of ether oxygens (including phenoxy) is 2. The van der Waals surface area contributed by atoms with Crippen LogP contribution >= 0.6 is 0 Å². The number of aromatic nitrogens is 3. The number of nitrogens with zero attached hydrogens (tertiary/aromatic N) is 3. The number of nitrogens with one attached hydrogen (secondary N) is 1. The molecule has 2 aromatic carbocycles. The van der Waals surface area contributed by atoms with E-state index in [-0.39, 0.29) is 23.8 Å². The van der Waals surface area contributed by atoms with Gasteiger partial charge in [0.05, 0.1) is 16.7 Å². The van der Waals surface area contributed by atoms with Gasteiger partial charge < -0.3 is 19.9 Å². The molecule has 3 aromatic rings. The van der Waals surface area contributed by atoms with E-state index in [1.54, 1.807) is 57.2 Å². The molecule has 1 aliphatic rings. The molecule has 39 heavy (non-hydrogen) atoms.